The van der Waals surface area contributed by atoms with E-state index in [1.165, 1.54) is 25.3 Å². The van der Waals surface area contributed by atoms with Gasteiger partial charge in [-0.2, -0.15) is 0 Å². The Morgan fingerprint density at radius 1 is 1.16 bits per heavy atom. The van der Waals surface area contributed by atoms with E-state index >= 15 is 0 Å². The van der Waals surface area contributed by atoms with E-state index in [9.17, 15) is 14.4 Å². The van der Waals surface area contributed by atoms with Crippen molar-refractivity contribution in [2.75, 3.05) is 13.9 Å². The van der Waals surface area contributed by atoms with E-state index in [2.05, 4.69) is 26.0 Å². The molecule has 37 heavy (non-hydrogen) atoms. The van der Waals surface area contributed by atoms with Crippen molar-refractivity contribution < 1.29 is 37.7 Å². The minimum Gasteiger partial charge on any atom is -0.486 e. The molecule has 1 saturated heterocycles. The molecule has 0 radical (unpaired) electrons. The Bertz CT molecular complexity index is 1430. The molecule has 2 aromatic carbocycles. The molecule has 0 bridgehead atoms. The number of benzene rings is 2. The lowest BCUT2D eigenvalue weighted by Crippen LogP contribution is -2.30. The summed E-state index contributed by atoms with van der Waals surface area (Å²) in [6.45, 7) is 0.271. The van der Waals surface area contributed by atoms with E-state index in [4.69, 9.17) is 30.2 Å². The maximum atomic E-state index is 12.9. The highest BCUT2D eigenvalue weighted by atomic mass is 79.9. The molecule has 3 heterocycles. The predicted octanol–water partition coefficient (Wildman–Crippen LogP) is 4.88. The van der Waals surface area contributed by atoms with Crippen molar-refractivity contribution in [3.8, 4) is 17.2 Å². The Balaban J connectivity index is 1.28. The summed E-state index contributed by atoms with van der Waals surface area (Å²) in [6.07, 6.45) is 1.50. The normalized spacial score (nSPS) is 15.3. The molecule has 0 saturated carbocycles. The van der Waals surface area contributed by atoms with Crippen molar-refractivity contribution >= 4 is 51.5 Å². The van der Waals surface area contributed by atoms with Gasteiger partial charge in [0.05, 0.1) is 23.1 Å². The minimum atomic E-state index is -0.658. The van der Waals surface area contributed by atoms with Gasteiger partial charge in [-0.15, -0.1) is 0 Å². The molecule has 2 aliphatic rings. The highest BCUT2D eigenvalue weighted by molar-refractivity contribution is 9.10. The molecule has 0 atom stereocenters. The summed E-state index contributed by atoms with van der Waals surface area (Å²) >= 11 is 9.92. The van der Waals surface area contributed by atoms with Gasteiger partial charge in [0.15, 0.2) is 17.2 Å². The lowest BCUT2D eigenvalue weighted by Gasteiger charge is -2.12. The van der Waals surface area contributed by atoms with Gasteiger partial charge in [-0.1, -0.05) is 17.7 Å². The smallest absolute Gasteiger partial charge is 0.373 e. The number of furan rings is 1. The maximum absolute atomic E-state index is 12.9. The topological polar surface area (TPSA) is 117 Å². The highest BCUT2D eigenvalue weighted by Gasteiger charge is 2.34. The van der Waals surface area contributed by atoms with Crippen molar-refractivity contribution in [2.24, 2.45) is 0 Å². The first-order valence-corrected chi connectivity index (χ1v) is 12.0. The zero-order valence-electron chi connectivity index (χ0n) is 19.2. The lowest BCUT2D eigenvalue weighted by molar-refractivity contribution is -0.123. The van der Waals surface area contributed by atoms with Crippen molar-refractivity contribution in [1.82, 2.24) is 10.2 Å². The second kappa shape index (κ2) is 10.2. The summed E-state index contributed by atoms with van der Waals surface area (Å²) in [6, 6.07) is 11.1. The number of halogens is 2. The number of nitrogens with zero attached hydrogens (tertiary/aromatic N) is 1. The first-order valence-electron chi connectivity index (χ1n) is 10.8. The van der Waals surface area contributed by atoms with E-state index in [1.54, 1.807) is 12.1 Å². The van der Waals surface area contributed by atoms with Gasteiger partial charge in [0, 0.05) is 0 Å². The standard InChI is InChI=1S/C25H18BrClN2O8/c1-33-24(31)20-5-3-15(37-20)10-29-23(30)18(28-25(29)32)8-14-6-16(26)22(17(27)7-14)34-11-13-2-4-19-21(9-13)36-12-35-19/h2-9H,10-12H2,1H3,(H,28,32)/b18-8-. The monoisotopic (exact) mass is 588 g/mol. The first kappa shape index (κ1) is 24.7. The van der Waals surface area contributed by atoms with Crippen molar-refractivity contribution in [3.05, 3.63) is 80.3 Å². The van der Waals surface area contributed by atoms with Crippen LogP contribution in [0.15, 0.2) is 57.1 Å². The van der Waals surface area contributed by atoms with Crippen LogP contribution in [-0.2, 0) is 22.7 Å². The molecular weight excluding hydrogens is 572 g/mol. The molecule has 2 aliphatic heterocycles. The first-order chi connectivity index (χ1) is 17.8. The number of nitrogens with one attached hydrogen (secondary N) is 1. The number of rotatable bonds is 7. The van der Waals surface area contributed by atoms with E-state index in [0.717, 1.165) is 10.5 Å². The SMILES string of the molecule is COC(=O)c1ccc(CN2C(=O)N/C(=C\c3cc(Cl)c(OCc4ccc5c(c4)OCO5)c(Br)c3)C2=O)o1. The quantitative estimate of drug-likeness (QED) is 0.235. The number of fused-ring (bicyclic) bond motifs is 1. The van der Waals surface area contributed by atoms with Crippen LogP contribution in [0.2, 0.25) is 5.02 Å². The molecule has 1 aromatic heterocycles. The second-order valence-electron chi connectivity index (χ2n) is 7.93. The predicted molar refractivity (Wildman–Crippen MR) is 133 cm³/mol. The fourth-order valence-corrected chi connectivity index (χ4v) is 4.69. The third-order valence-corrected chi connectivity index (χ3v) is 6.35. The van der Waals surface area contributed by atoms with E-state index in [1.807, 2.05) is 18.2 Å². The van der Waals surface area contributed by atoms with Crippen LogP contribution in [0.4, 0.5) is 4.79 Å². The van der Waals surface area contributed by atoms with Gasteiger partial charge in [-0.05, 0) is 69.5 Å². The van der Waals surface area contributed by atoms with Gasteiger partial charge in [0.25, 0.3) is 5.91 Å². The third kappa shape index (κ3) is 5.13. The molecule has 0 spiro atoms. The van der Waals surface area contributed by atoms with Gasteiger partial charge in [-0.3, -0.25) is 9.69 Å². The number of methoxy groups -OCH3 is 1. The van der Waals surface area contributed by atoms with Crippen LogP contribution in [0.25, 0.3) is 6.08 Å². The van der Waals surface area contributed by atoms with E-state index in [0.29, 0.717) is 32.3 Å². The van der Waals surface area contributed by atoms with Crippen LogP contribution in [-0.4, -0.2) is 36.7 Å². The molecule has 0 aliphatic carbocycles. The molecule has 1 fully saturated rings. The van der Waals surface area contributed by atoms with Crippen LogP contribution in [0.1, 0.15) is 27.4 Å². The van der Waals surface area contributed by atoms with Gasteiger partial charge in [0.2, 0.25) is 12.6 Å². The maximum Gasteiger partial charge on any atom is 0.373 e. The van der Waals surface area contributed by atoms with Crippen LogP contribution >= 0.6 is 27.5 Å². The average molecular weight is 590 g/mol. The molecule has 5 rings (SSSR count). The lowest BCUT2D eigenvalue weighted by atomic mass is 10.1. The van der Waals surface area contributed by atoms with Gasteiger partial charge in [-0.25, -0.2) is 9.59 Å². The average Bonchev–Trinajstić information content (AvgIpc) is 3.59. The minimum absolute atomic E-state index is 0.0272. The van der Waals surface area contributed by atoms with Crippen molar-refractivity contribution in [1.29, 1.82) is 0 Å². The Morgan fingerprint density at radius 3 is 2.76 bits per heavy atom. The van der Waals surface area contributed by atoms with Crippen LogP contribution in [0, 0.1) is 0 Å². The Hall–Kier alpha value is -3.96. The van der Waals surface area contributed by atoms with Crippen LogP contribution in [0.5, 0.6) is 17.2 Å². The van der Waals surface area contributed by atoms with E-state index in [-0.39, 0.29) is 37.2 Å². The second-order valence-corrected chi connectivity index (χ2v) is 9.19. The summed E-state index contributed by atoms with van der Waals surface area (Å²) in [7, 11) is 1.22. The fourth-order valence-electron chi connectivity index (χ4n) is 3.70. The number of ether oxygens (including phenoxy) is 4. The number of amides is 3. The number of hydrogen-bond acceptors (Lipinski definition) is 8. The third-order valence-electron chi connectivity index (χ3n) is 5.48. The molecule has 3 amide bonds. The van der Waals surface area contributed by atoms with Crippen LogP contribution in [0.3, 0.4) is 0 Å². The van der Waals surface area contributed by atoms with Crippen molar-refractivity contribution in [2.45, 2.75) is 13.2 Å². The Labute approximate surface area is 223 Å². The largest absolute Gasteiger partial charge is 0.486 e. The van der Waals surface area contributed by atoms with Crippen LogP contribution < -0.4 is 19.5 Å². The van der Waals surface area contributed by atoms with E-state index < -0.39 is 17.9 Å². The Kier molecular flexibility index (Phi) is 6.81. The molecule has 190 valence electrons. The Morgan fingerprint density at radius 2 is 1.97 bits per heavy atom. The molecule has 12 heteroatoms. The summed E-state index contributed by atoms with van der Waals surface area (Å²) in [5, 5.41) is 2.84. The van der Waals surface area contributed by atoms with Crippen molar-refractivity contribution in [3.63, 3.8) is 0 Å². The van der Waals surface area contributed by atoms with Gasteiger partial charge < -0.3 is 28.7 Å². The molecule has 1 N–H and O–H groups in total. The molecule has 10 nitrogen and oxygen atoms in total. The number of carbonyl (C=O) groups excluding carboxylic acids is 3. The summed E-state index contributed by atoms with van der Waals surface area (Å²) in [5.41, 5.74) is 1.48. The van der Waals surface area contributed by atoms with Gasteiger partial charge in [0.1, 0.15) is 18.1 Å². The summed E-state index contributed by atoms with van der Waals surface area (Å²) in [4.78, 5) is 37.8. The number of imide groups is 1. The summed E-state index contributed by atoms with van der Waals surface area (Å²) < 4.78 is 27.1. The number of hydrogen-bond donors (Lipinski definition) is 1. The zero-order chi connectivity index (χ0) is 26.1. The summed E-state index contributed by atoms with van der Waals surface area (Å²) in [5.74, 6) is 0.764. The molecular formula is C25H18BrClN2O8. The molecule has 3 aromatic rings. The number of esters is 1. The fraction of sp³-hybridized carbons (Fsp3) is 0.160. The molecule has 0 unspecified atom stereocenters. The number of carbonyl (C=O) groups is 3. The van der Waals surface area contributed by atoms with Gasteiger partial charge >= 0.3 is 12.0 Å². The zero-order valence-corrected chi connectivity index (χ0v) is 21.6. The number of urea groups is 1. The highest BCUT2D eigenvalue weighted by Crippen LogP contribution is 2.37.